The first-order valence-electron chi connectivity index (χ1n) is 9.73. The molecule has 0 aliphatic carbocycles. The Morgan fingerprint density at radius 2 is 1.93 bits per heavy atom. The Balaban J connectivity index is 1.65. The van der Waals surface area contributed by atoms with Crippen molar-refractivity contribution in [1.82, 2.24) is 19.6 Å². The van der Waals surface area contributed by atoms with Crippen LogP contribution in [0.3, 0.4) is 0 Å². The van der Waals surface area contributed by atoms with Gasteiger partial charge in [-0.15, -0.1) is 0 Å². The van der Waals surface area contributed by atoms with Gasteiger partial charge < -0.3 is 14.8 Å². The molecule has 1 aromatic carbocycles. The summed E-state index contributed by atoms with van der Waals surface area (Å²) in [6, 6.07) is 7.30. The van der Waals surface area contributed by atoms with Crippen LogP contribution >= 0.6 is 0 Å². The topological polar surface area (TPSA) is 83.2 Å². The zero-order valence-electron chi connectivity index (χ0n) is 17.3. The summed E-state index contributed by atoms with van der Waals surface area (Å²) in [5.74, 6) is 1.30. The summed E-state index contributed by atoms with van der Waals surface area (Å²) in [6.07, 6.45) is 5.23. The summed E-state index contributed by atoms with van der Waals surface area (Å²) in [7, 11) is 0. The maximum atomic E-state index is 12.5. The molecule has 3 aromatic rings. The van der Waals surface area contributed by atoms with E-state index in [2.05, 4.69) is 15.5 Å². The standard InChI is InChI=1S/C21H27N5O3/c1-5-28-19-8-7-17(11-20(19)29-6-2)13-25-14-18(12-22-25)23-21(27)16(4)26-10-9-15(3)24-26/h7-12,14,16H,5-6,13H2,1-4H3,(H,23,27). The van der Waals surface area contributed by atoms with Crippen molar-refractivity contribution >= 4 is 11.6 Å². The Morgan fingerprint density at radius 3 is 2.62 bits per heavy atom. The van der Waals surface area contributed by atoms with Crippen LogP contribution in [-0.4, -0.2) is 38.7 Å². The van der Waals surface area contributed by atoms with E-state index in [1.165, 1.54) is 0 Å². The Hall–Kier alpha value is -3.29. The molecule has 1 atom stereocenters. The van der Waals surface area contributed by atoms with Crippen LogP contribution in [0.1, 0.15) is 38.1 Å². The normalized spacial score (nSPS) is 11.9. The molecule has 2 aromatic heterocycles. The van der Waals surface area contributed by atoms with Gasteiger partial charge in [0.2, 0.25) is 5.91 Å². The third kappa shape index (κ3) is 5.16. The molecule has 1 N–H and O–H groups in total. The van der Waals surface area contributed by atoms with Crippen LogP contribution in [0.4, 0.5) is 5.69 Å². The fourth-order valence-corrected chi connectivity index (χ4v) is 2.91. The zero-order chi connectivity index (χ0) is 20.8. The molecule has 1 amide bonds. The molecule has 0 bridgehead atoms. The van der Waals surface area contributed by atoms with Gasteiger partial charge in [0.25, 0.3) is 0 Å². The van der Waals surface area contributed by atoms with Crippen LogP contribution in [0.25, 0.3) is 0 Å². The van der Waals surface area contributed by atoms with Crippen LogP contribution < -0.4 is 14.8 Å². The summed E-state index contributed by atoms with van der Waals surface area (Å²) in [4.78, 5) is 12.5. The zero-order valence-corrected chi connectivity index (χ0v) is 17.3. The molecule has 0 aliphatic rings. The highest BCUT2D eigenvalue weighted by Gasteiger charge is 2.16. The largest absolute Gasteiger partial charge is 0.490 e. The number of amides is 1. The van der Waals surface area contributed by atoms with Crippen molar-refractivity contribution in [2.75, 3.05) is 18.5 Å². The molecule has 0 saturated carbocycles. The first-order chi connectivity index (χ1) is 14.0. The molecule has 29 heavy (non-hydrogen) atoms. The predicted molar refractivity (Wildman–Crippen MR) is 110 cm³/mol. The summed E-state index contributed by atoms with van der Waals surface area (Å²) < 4.78 is 14.7. The summed E-state index contributed by atoms with van der Waals surface area (Å²) >= 11 is 0. The van der Waals surface area contributed by atoms with Crippen molar-refractivity contribution in [2.24, 2.45) is 0 Å². The number of aryl methyl sites for hydroxylation is 1. The van der Waals surface area contributed by atoms with Gasteiger partial charge in [0.15, 0.2) is 11.5 Å². The molecular formula is C21H27N5O3. The van der Waals surface area contributed by atoms with Gasteiger partial charge in [-0.1, -0.05) is 6.07 Å². The summed E-state index contributed by atoms with van der Waals surface area (Å²) in [5.41, 5.74) is 2.54. The Bertz CT molecular complexity index is 963. The highest BCUT2D eigenvalue weighted by atomic mass is 16.5. The van der Waals surface area contributed by atoms with Crippen molar-refractivity contribution < 1.29 is 14.3 Å². The lowest BCUT2D eigenvalue weighted by molar-refractivity contribution is -0.119. The number of hydrogen-bond acceptors (Lipinski definition) is 5. The van der Waals surface area contributed by atoms with Gasteiger partial charge in [0.1, 0.15) is 6.04 Å². The average Bonchev–Trinajstić information content (AvgIpc) is 3.32. The van der Waals surface area contributed by atoms with E-state index in [0.29, 0.717) is 25.4 Å². The van der Waals surface area contributed by atoms with Crippen molar-refractivity contribution in [3.63, 3.8) is 0 Å². The van der Waals surface area contributed by atoms with Gasteiger partial charge in [-0.05, 0) is 51.5 Å². The van der Waals surface area contributed by atoms with E-state index in [9.17, 15) is 4.79 Å². The van der Waals surface area contributed by atoms with Crippen molar-refractivity contribution in [2.45, 2.75) is 40.3 Å². The van der Waals surface area contributed by atoms with Gasteiger partial charge in [0, 0.05) is 12.4 Å². The quantitative estimate of drug-likeness (QED) is 0.598. The van der Waals surface area contributed by atoms with Crippen molar-refractivity contribution in [1.29, 1.82) is 0 Å². The first-order valence-corrected chi connectivity index (χ1v) is 9.73. The minimum atomic E-state index is -0.410. The maximum absolute atomic E-state index is 12.5. The first kappa shape index (κ1) is 20.4. The molecule has 0 radical (unpaired) electrons. The lowest BCUT2D eigenvalue weighted by Crippen LogP contribution is -2.23. The molecule has 8 heteroatoms. The fourth-order valence-electron chi connectivity index (χ4n) is 2.91. The van der Waals surface area contributed by atoms with E-state index in [1.807, 2.05) is 45.0 Å². The summed E-state index contributed by atoms with van der Waals surface area (Å²) in [6.45, 7) is 9.28. The Morgan fingerprint density at radius 1 is 1.17 bits per heavy atom. The van der Waals surface area contributed by atoms with Crippen LogP contribution in [0.2, 0.25) is 0 Å². The van der Waals surface area contributed by atoms with E-state index in [4.69, 9.17) is 9.47 Å². The number of benzene rings is 1. The van der Waals surface area contributed by atoms with Gasteiger partial charge in [-0.3, -0.25) is 14.2 Å². The Kier molecular flexibility index (Phi) is 6.54. The number of carbonyl (C=O) groups excluding carboxylic acids is 1. The molecule has 2 heterocycles. The van der Waals surface area contributed by atoms with Crippen LogP contribution in [0.5, 0.6) is 11.5 Å². The number of nitrogens with one attached hydrogen (secondary N) is 1. The SMILES string of the molecule is CCOc1ccc(Cn2cc(NC(=O)C(C)n3ccc(C)n3)cn2)cc1OCC. The van der Waals surface area contributed by atoms with Crippen LogP contribution in [0, 0.1) is 6.92 Å². The van der Waals surface area contributed by atoms with E-state index < -0.39 is 6.04 Å². The van der Waals surface area contributed by atoms with Crippen molar-refractivity contribution in [3.8, 4) is 11.5 Å². The molecule has 0 fully saturated rings. The number of carbonyl (C=O) groups is 1. The minimum Gasteiger partial charge on any atom is -0.490 e. The number of ether oxygens (including phenoxy) is 2. The molecule has 1 unspecified atom stereocenters. The molecule has 0 saturated heterocycles. The number of hydrogen-bond donors (Lipinski definition) is 1. The second kappa shape index (κ2) is 9.27. The van der Waals surface area contributed by atoms with E-state index in [1.54, 1.807) is 34.9 Å². The van der Waals surface area contributed by atoms with Gasteiger partial charge in [-0.25, -0.2) is 0 Å². The van der Waals surface area contributed by atoms with Crippen LogP contribution in [0.15, 0.2) is 42.9 Å². The second-order valence-electron chi connectivity index (χ2n) is 6.68. The molecule has 0 aliphatic heterocycles. The number of rotatable bonds is 9. The average molecular weight is 397 g/mol. The molecule has 8 nitrogen and oxygen atoms in total. The van der Waals surface area contributed by atoms with Gasteiger partial charge in [-0.2, -0.15) is 10.2 Å². The number of anilines is 1. The third-order valence-electron chi connectivity index (χ3n) is 4.37. The Labute approximate surface area is 170 Å². The highest BCUT2D eigenvalue weighted by Crippen LogP contribution is 2.29. The smallest absolute Gasteiger partial charge is 0.249 e. The van der Waals surface area contributed by atoms with Crippen LogP contribution in [-0.2, 0) is 11.3 Å². The molecule has 154 valence electrons. The van der Waals surface area contributed by atoms with E-state index >= 15 is 0 Å². The lowest BCUT2D eigenvalue weighted by atomic mass is 10.2. The van der Waals surface area contributed by atoms with Gasteiger partial charge >= 0.3 is 0 Å². The van der Waals surface area contributed by atoms with E-state index in [-0.39, 0.29) is 5.91 Å². The maximum Gasteiger partial charge on any atom is 0.249 e. The molecule has 3 rings (SSSR count). The van der Waals surface area contributed by atoms with Gasteiger partial charge in [0.05, 0.1) is 37.3 Å². The minimum absolute atomic E-state index is 0.146. The van der Waals surface area contributed by atoms with Crippen molar-refractivity contribution in [3.05, 3.63) is 54.1 Å². The third-order valence-corrected chi connectivity index (χ3v) is 4.37. The highest BCUT2D eigenvalue weighted by molar-refractivity contribution is 5.93. The lowest BCUT2D eigenvalue weighted by Gasteiger charge is -2.12. The fraction of sp³-hybridized carbons (Fsp3) is 0.381. The molecule has 0 spiro atoms. The number of aromatic nitrogens is 4. The monoisotopic (exact) mass is 397 g/mol. The predicted octanol–water partition coefficient (Wildman–Crippen LogP) is 3.43. The van der Waals surface area contributed by atoms with E-state index in [0.717, 1.165) is 22.8 Å². The summed E-state index contributed by atoms with van der Waals surface area (Å²) in [5, 5.41) is 11.5. The molecular weight excluding hydrogens is 370 g/mol. The number of nitrogens with zero attached hydrogens (tertiary/aromatic N) is 4. The second-order valence-corrected chi connectivity index (χ2v) is 6.68.